The minimum atomic E-state index is -1.08. The smallest absolute Gasteiger partial charge is 0.262 e. The van der Waals surface area contributed by atoms with Gasteiger partial charge >= 0.3 is 0 Å². The molecule has 0 heterocycles. The van der Waals surface area contributed by atoms with Gasteiger partial charge in [-0.05, 0) is 42.5 Å². The number of anilines is 1. The van der Waals surface area contributed by atoms with Crippen molar-refractivity contribution in [2.45, 2.75) is 4.90 Å². The van der Waals surface area contributed by atoms with Gasteiger partial charge < -0.3 is 10.1 Å². The van der Waals surface area contributed by atoms with Gasteiger partial charge in [0.1, 0.15) is 5.75 Å². The second kappa shape index (κ2) is 7.24. The second-order valence-corrected chi connectivity index (χ2v) is 6.09. The number of ether oxygens (including phenoxy) is 1. The highest BCUT2D eigenvalue weighted by molar-refractivity contribution is 7.84. The molecule has 1 unspecified atom stereocenters. The van der Waals surface area contributed by atoms with E-state index in [4.69, 9.17) is 16.3 Å². The van der Waals surface area contributed by atoms with Crippen molar-refractivity contribution in [1.29, 1.82) is 0 Å². The molecule has 0 bridgehead atoms. The van der Waals surface area contributed by atoms with E-state index in [9.17, 15) is 9.00 Å². The molecule has 1 amide bonds. The van der Waals surface area contributed by atoms with Gasteiger partial charge in [-0.25, -0.2) is 0 Å². The summed E-state index contributed by atoms with van der Waals surface area (Å²) in [6.45, 7) is -0.110. The number of carbonyl (C=O) groups is 1. The molecule has 0 fully saturated rings. The van der Waals surface area contributed by atoms with Crippen molar-refractivity contribution in [3.8, 4) is 5.75 Å². The Balaban J connectivity index is 1.91. The molecular formula is C15H14ClNO3S. The first-order chi connectivity index (χ1) is 10.0. The first-order valence-corrected chi connectivity index (χ1v) is 8.10. The highest BCUT2D eigenvalue weighted by Crippen LogP contribution is 2.16. The summed E-state index contributed by atoms with van der Waals surface area (Å²) >= 11 is 5.76. The molecule has 2 aromatic rings. The predicted octanol–water partition coefficient (Wildman–Crippen LogP) is 3.09. The van der Waals surface area contributed by atoms with Crippen molar-refractivity contribution < 1.29 is 13.7 Å². The summed E-state index contributed by atoms with van der Waals surface area (Å²) in [5.74, 6) is 0.280. The fourth-order valence-corrected chi connectivity index (χ4v) is 2.32. The van der Waals surface area contributed by atoms with Crippen molar-refractivity contribution >= 4 is 34.0 Å². The topological polar surface area (TPSA) is 55.4 Å². The number of hydrogen-bond donors (Lipinski definition) is 1. The van der Waals surface area contributed by atoms with E-state index < -0.39 is 10.8 Å². The van der Waals surface area contributed by atoms with Crippen LogP contribution in [0.3, 0.4) is 0 Å². The Kier molecular flexibility index (Phi) is 5.36. The quantitative estimate of drug-likeness (QED) is 0.920. The third-order valence-electron chi connectivity index (χ3n) is 2.63. The Bertz CT molecular complexity index is 658. The zero-order chi connectivity index (χ0) is 15.2. The van der Waals surface area contributed by atoms with Crippen LogP contribution in [0.1, 0.15) is 0 Å². The average Bonchev–Trinajstić information content (AvgIpc) is 2.47. The molecule has 0 aliphatic carbocycles. The van der Waals surface area contributed by atoms with Crippen molar-refractivity contribution in [1.82, 2.24) is 0 Å². The molecule has 0 aromatic heterocycles. The van der Waals surface area contributed by atoms with E-state index in [0.717, 1.165) is 0 Å². The molecular weight excluding hydrogens is 310 g/mol. The fraction of sp³-hybridized carbons (Fsp3) is 0.133. The maximum Gasteiger partial charge on any atom is 0.262 e. The van der Waals surface area contributed by atoms with Crippen LogP contribution in [-0.4, -0.2) is 23.0 Å². The molecule has 2 rings (SSSR count). The molecule has 1 N–H and O–H groups in total. The molecule has 6 heteroatoms. The SMILES string of the molecule is CS(=O)c1cccc(NC(=O)COc2ccc(Cl)cc2)c1. The number of amides is 1. The molecule has 0 spiro atoms. The molecule has 0 aliphatic rings. The maximum atomic E-state index is 11.8. The average molecular weight is 324 g/mol. The summed E-state index contributed by atoms with van der Waals surface area (Å²) in [5, 5.41) is 3.30. The maximum absolute atomic E-state index is 11.8. The number of halogens is 1. The predicted molar refractivity (Wildman–Crippen MR) is 84.4 cm³/mol. The van der Waals surface area contributed by atoms with Crippen LogP contribution >= 0.6 is 11.6 Å². The molecule has 0 aliphatic heterocycles. The first kappa shape index (κ1) is 15.5. The molecule has 0 saturated carbocycles. The van der Waals surface area contributed by atoms with Crippen LogP contribution in [0.15, 0.2) is 53.4 Å². The lowest BCUT2D eigenvalue weighted by Gasteiger charge is -2.08. The minimum absolute atomic E-state index is 0.110. The van der Waals surface area contributed by atoms with E-state index in [1.165, 1.54) is 0 Å². The standard InChI is InChI=1S/C15H14ClNO3S/c1-21(19)14-4-2-3-12(9-14)17-15(18)10-20-13-7-5-11(16)6-8-13/h2-9H,10H2,1H3,(H,17,18). The Hall–Kier alpha value is -1.85. The Morgan fingerprint density at radius 1 is 1.24 bits per heavy atom. The minimum Gasteiger partial charge on any atom is -0.484 e. The largest absolute Gasteiger partial charge is 0.484 e. The van der Waals surface area contributed by atoms with Gasteiger partial charge in [0.25, 0.3) is 5.91 Å². The number of benzene rings is 2. The normalized spacial score (nSPS) is 11.7. The third-order valence-corrected chi connectivity index (χ3v) is 3.80. The van der Waals surface area contributed by atoms with E-state index in [1.807, 2.05) is 0 Å². The van der Waals surface area contributed by atoms with Gasteiger partial charge in [0.2, 0.25) is 0 Å². The van der Waals surface area contributed by atoms with E-state index >= 15 is 0 Å². The summed E-state index contributed by atoms with van der Waals surface area (Å²) in [5.41, 5.74) is 0.590. The zero-order valence-corrected chi connectivity index (χ0v) is 12.9. The number of nitrogens with one attached hydrogen (secondary N) is 1. The Labute approximate surface area is 130 Å². The summed E-state index contributed by atoms with van der Waals surface area (Å²) in [6, 6.07) is 13.7. The Morgan fingerprint density at radius 2 is 1.95 bits per heavy atom. The molecule has 21 heavy (non-hydrogen) atoms. The lowest BCUT2D eigenvalue weighted by atomic mass is 10.3. The molecule has 110 valence electrons. The number of rotatable bonds is 5. The van der Waals surface area contributed by atoms with Crippen molar-refractivity contribution in [3.05, 3.63) is 53.6 Å². The van der Waals surface area contributed by atoms with Crippen LogP contribution in [0.25, 0.3) is 0 Å². The number of hydrogen-bond acceptors (Lipinski definition) is 3. The first-order valence-electron chi connectivity index (χ1n) is 6.16. The van der Waals surface area contributed by atoms with Gasteiger partial charge in [0.05, 0.1) is 0 Å². The van der Waals surface area contributed by atoms with Crippen LogP contribution in [0.5, 0.6) is 5.75 Å². The second-order valence-electron chi connectivity index (χ2n) is 4.27. The summed E-state index contributed by atoms with van der Waals surface area (Å²) in [4.78, 5) is 12.5. The van der Waals surface area contributed by atoms with Crippen LogP contribution in [0, 0.1) is 0 Å². The monoisotopic (exact) mass is 323 g/mol. The van der Waals surface area contributed by atoms with Gasteiger partial charge in [-0.2, -0.15) is 0 Å². The molecule has 1 atom stereocenters. The van der Waals surface area contributed by atoms with Crippen molar-refractivity contribution in [2.75, 3.05) is 18.2 Å². The molecule has 0 radical (unpaired) electrons. The van der Waals surface area contributed by atoms with Crippen LogP contribution in [-0.2, 0) is 15.6 Å². The van der Waals surface area contributed by atoms with Crippen molar-refractivity contribution in [2.24, 2.45) is 0 Å². The molecule has 4 nitrogen and oxygen atoms in total. The van der Waals surface area contributed by atoms with Gasteiger partial charge in [-0.1, -0.05) is 17.7 Å². The zero-order valence-electron chi connectivity index (χ0n) is 11.3. The van der Waals surface area contributed by atoms with Gasteiger partial charge in [-0.3, -0.25) is 9.00 Å². The van der Waals surface area contributed by atoms with Gasteiger partial charge in [0, 0.05) is 32.7 Å². The van der Waals surface area contributed by atoms with E-state index in [1.54, 1.807) is 54.8 Å². The Morgan fingerprint density at radius 3 is 2.62 bits per heavy atom. The summed E-state index contributed by atoms with van der Waals surface area (Å²) < 4.78 is 16.7. The summed E-state index contributed by atoms with van der Waals surface area (Å²) in [7, 11) is -1.08. The van der Waals surface area contributed by atoms with E-state index in [2.05, 4.69) is 5.32 Å². The lowest BCUT2D eigenvalue weighted by Crippen LogP contribution is -2.20. The van der Waals surface area contributed by atoms with Crippen LogP contribution < -0.4 is 10.1 Å². The molecule has 2 aromatic carbocycles. The van der Waals surface area contributed by atoms with Gasteiger partial charge in [0.15, 0.2) is 6.61 Å². The van der Waals surface area contributed by atoms with Crippen LogP contribution in [0.4, 0.5) is 5.69 Å². The highest BCUT2D eigenvalue weighted by atomic mass is 35.5. The van der Waals surface area contributed by atoms with Crippen molar-refractivity contribution in [3.63, 3.8) is 0 Å². The number of carbonyl (C=O) groups excluding carboxylic acids is 1. The van der Waals surface area contributed by atoms with Gasteiger partial charge in [-0.15, -0.1) is 0 Å². The van der Waals surface area contributed by atoms with Crippen LogP contribution in [0.2, 0.25) is 5.02 Å². The van der Waals surface area contributed by atoms with E-state index in [-0.39, 0.29) is 12.5 Å². The fourth-order valence-electron chi connectivity index (χ4n) is 1.63. The summed E-state index contributed by atoms with van der Waals surface area (Å²) in [6.07, 6.45) is 1.59. The highest BCUT2D eigenvalue weighted by Gasteiger charge is 2.05. The lowest BCUT2D eigenvalue weighted by molar-refractivity contribution is -0.118. The third kappa shape index (κ3) is 4.88. The van der Waals surface area contributed by atoms with E-state index in [0.29, 0.717) is 21.4 Å². The molecule has 0 saturated heterocycles.